The fraction of sp³-hybridized carbons (Fsp3) is 0.667. The van der Waals surface area contributed by atoms with Crippen LogP contribution in [0.25, 0.3) is 0 Å². The molecule has 0 saturated carbocycles. The summed E-state index contributed by atoms with van der Waals surface area (Å²) in [5, 5.41) is 0. The number of hydrogen-bond donors (Lipinski definition) is 0. The second-order valence-corrected chi connectivity index (χ2v) is 2.36. The molecule has 0 aromatic carbocycles. The van der Waals surface area contributed by atoms with Crippen molar-refractivity contribution >= 4 is 5.91 Å². The molecule has 45 valence electrons. The molecule has 1 aliphatic rings. The maximum Gasteiger partial charge on any atom is 0.226 e. The zero-order valence-electron chi connectivity index (χ0n) is 5.22. The Bertz CT molecular complexity index is 111. The summed E-state index contributed by atoms with van der Waals surface area (Å²) in [5.41, 5.74) is 0. The van der Waals surface area contributed by atoms with Gasteiger partial charge in [0.05, 0.1) is 6.42 Å². The van der Waals surface area contributed by atoms with E-state index in [2.05, 4.69) is 0 Å². The summed E-state index contributed by atoms with van der Waals surface area (Å²) in [5.74, 6) is 0.616. The second kappa shape index (κ2) is 1.77. The highest BCUT2D eigenvalue weighted by molar-refractivity contribution is 5.87. The molecule has 1 rings (SSSR count). The summed E-state index contributed by atoms with van der Waals surface area (Å²) in [7, 11) is 1.82. The Balaban J connectivity index is 2.51. The van der Waals surface area contributed by atoms with E-state index >= 15 is 0 Å². The maximum absolute atomic E-state index is 10.7. The number of carbonyl (C=O) groups is 1. The minimum atomic E-state index is 0.164. The van der Waals surface area contributed by atoms with Crippen molar-refractivity contribution in [1.82, 2.24) is 4.90 Å². The Morgan fingerprint density at radius 1 is 1.88 bits per heavy atom. The Labute approximate surface area is 49.5 Å². The van der Waals surface area contributed by atoms with E-state index in [4.69, 9.17) is 0 Å². The van der Waals surface area contributed by atoms with E-state index in [0.717, 1.165) is 6.54 Å². The predicted octanol–water partition coefficient (Wildman–Crippen LogP) is 0.299. The number of carbonyl (C=O) groups excluding carboxylic acids is 1. The van der Waals surface area contributed by atoms with Crippen LogP contribution in [0.15, 0.2) is 0 Å². The third-order valence-corrected chi connectivity index (χ3v) is 1.37. The standard InChI is InChI=1S/C6H10NO/c1-5-3-6(8)7(2)4-5/h3,5H,4H2,1-2H3. The molecule has 1 unspecified atom stereocenters. The molecule has 1 fully saturated rings. The van der Waals surface area contributed by atoms with Crippen molar-refractivity contribution in [3.05, 3.63) is 6.42 Å². The zero-order valence-corrected chi connectivity index (χ0v) is 5.22. The van der Waals surface area contributed by atoms with Gasteiger partial charge in [-0.1, -0.05) is 6.92 Å². The van der Waals surface area contributed by atoms with Gasteiger partial charge in [-0.25, -0.2) is 0 Å². The average Bonchev–Trinajstić information content (AvgIpc) is 1.85. The zero-order chi connectivity index (χ0) is 6.15. The third kappa shape index (κ3) is 0.831. The summed E-state index contributed by atoms with van der Waals surface area (Å²) in [4.78, 5) is 12.4. The summed E-state index contributed by atoms with van der Waals surface area (Å²) >= 11 is 0. The molecule has 8 heavy (non-hydrogen) atoms. The van der Waals surface area contributed by atoms with Crippen LogP contribution >= 0.6 is 0 Å². The number of amides is 1. The SMILES string of the molecule is CC1[CH]C(=O)N(C)C1. The number of hydrogen-bond acceptors (Lipinski definition) is 1. The highest BCUT2D eigenvalue weighted by Gasteiger charge is 2.22. The van der Waals surface area contributed by atoms with Gasteiger partial charge in [-0.05, 0) is 5.92 Å². The van der Waals surface area contributed by atoms with Crippen molar-refractivity contribution in [2.75, 3.05) is 13.6 Å². The van der Waals surface area contributed by atoms with E-state index < -0.39 is 0 Å². The van der Waals surface area contributed by atoms with E-state index in [9.17, 15) is 4.79 Å². The van der Waals surface area contributed by atoms with Crippen molar-refractivity contribution in [1.29, 1.82) is 0 Å². The molecule has 0 aromatic heterocycles. The lowest BCUT2D eigenvalue weighted by Crippen LogP contribution is -2.18. The molecule has 2 heteroatoms. The molecule has 2 nitrogen and oxygen atoms in total. The van der Waals surface area contributed by atoms with Crippen molar-refractivity contribution in [3.63, 3.8) is 0 Å². The predicted molar refractivity (Wildman–Crippen MR) is 31.1 cm³/mol. The fourth-order valence-corrected chi connectivity index (χ4v) is 0.945. The van der Waals surface area contributed by atoms with Crippen LogP contribution in [-0.2, 0) is 4.79 Å². The summed E-state index contributed by atoms with van der Waals surface area (Å²) in [6.07, 6.45) is 1.75. The van der Waals surface area contributed by atoms with E-state index in [0.29, 0.717) is 5.92 Å². The minimum absolute atomic E-state index is 0.164. The highest BCUT2D eigenvalue weighted by atomic mass is 16.2. The van der Waals surface area contributed by atoms with E-state index in [1.165, 1.54) is 0 Å². The van der Waals surface area contributed by atoms with E-state index in [1.807, 2.05) is 14.0 Å². The molecule has 1 heterocycles. The molecule has 0 bridgehead atoms. The highest BCUT2D eigenvalue weighted by Crippen LogP contribution is 2.12. The molecule has 1 aliphatic heterocycles. The molecular weight excluding hydrogens is 102 g/mol. The number of rotatable bonds is 0. The topological polar surface area (TPSA) is 20.3 Å². The molecule has 1 saturated heterocycles. The van der Waals surface area contributed by atoms with Gasteiger partial charge in [-0.15, -0.1) is 0 Å². The first-order valence-corrected chi connectivity index (χ1v) is 2.80. The number of nitrogens with zero attached hydrogens (tertiary/aromatic N) is 1. The second-order valence-electron chi connectivity index (χ2n) is 2.36. The van der Waals surface area contributed by atoms with Crippen LogP contribution in [0.4, 0.5) is 0 Å². The first-order chi connectivity index (χ1) is 3.70. The molecule has 0 spiro atoms. The molecule has 0 N–H and O–H groups in total. The Kier molecular flexibility index (Phi) is 1.24. The Hall–Kier alpha value is -0.530. The molecule has 0 aliphatic carbocycles. The number of likely N-dealkylation sites (tertiary alicyclic amines) is 1. The summed E-state index contributed by atoms with van der Waals surface area (Å²) in [6, 6.07) is 0. The third-order valence-electron chi connectivity index (χ3n) is 1.37. The van der Waals surface area contributed by atoms with Crippen molar-refractivity contribution in [2.45, 2.75) is 6.92 Å². The summed E-state index contributed by atoms with van der Waals surface area (Å²) in [6.45, 7) is 2.93. The Morgan fingerprint density at radius 3 is 2.62 bits per heavy atom. The lowest BCUT2D eigenvalue weighted by molar-refractivity contribution is -0.123. The molecule has 0 aromatic rings. The van der Waals surface area contributed by atoms with Crippen LogP contribution in [0.2, 0.25) is 0 Å². The molecule has 1 atom stereocenters. The molecule has 1 amide bonds. The first-order valence-electron chi connectivity index (χ1n) is 2.80. The van der Waals surface area contributed by atoms with Crippen LogP contribution in [0.3, 0.4) is 0 Å². The smallest absolute Gasteiger partial charge is 0.226 e. The van der Waals surface area contributed by atoms with Gasteiger partial charge < -0.3 is 4.90 Å². The Morgan fingerprint density at radius 2 is 2.50 bits per heavy atom. The lowest BCUT2D eigenvalue weighted by atomic mass is 10.2. The van der Waals surface area contributed by atoms with E-state index in [-0.39, 0.29) is 5.91 Å². The van der Waals surface area contributed by atoms with Crippen LogP contribution < -0.4 is 0 Å². The lowest BCUT2D eigenvalue weighted by Gasteiger charge is -2.04. The van der Waals surface area contributed by atoms with Crippen LogP contribution in [0.5, 0.6) is 0 Å². The normalized spacial score (nSPS) is 29.5. The monoisotopic (exact) mass is 112 g/mol. The summed E-state index contributed by atoms with van der Waals surface area (Å²) < 4.78 is 0. The van der Waals surface area contributed by atoms with Crippen LogP contribution in [-0.4, -0.2) is 24.4 Å². The van der Waals surface area contributed by atoms with Crippen molar-refractivity contribution in [3.8, 4) is 0 Å². The van der Waals surface area contributed by atoms with Gasteiger partial charge in [0.2, 0.25) is 5.91 Å². The largest absolute Gasteiger partial charge is 0.345 e. The van der Waals surface area contributed by atoms with Gasteiger partial charge in [-0.2, -0.15) is 0 Å². The van der Waals surface area contributed by atoms with Gasteiger partial charge in [0.1, 0.15) is 0 Å². The first kappa shape index (κ1) is 5.60. The van der Waals surface area contributed by atoms with Gasteiger partial charge in [-0.3, -0.25) is 4.79 Å². The van der Waals surface area contributed by atoms with Gasteiger partial charge >= 0.3 is 0 Å². The van der Waals surface area contributed by atoms with Gasteiger partial charge in [0, 0.05) is 13.6 Å². The fourth-order valence-electron chi connectivity index (χ4n) is 0.945. The average molecular weight is 112 g/mol. The molecular formula is C6H10NO. The maximum atomic E-state index is 10.7. The van der Waals surface area contributed by atoms with Crippen LogP contribution in [0.1, 0.15) is 6.92 Å². The quantitative estimate of drug-likeness (QED) is 0.441. The van der Waals surface area contributed by atoms with E-state index in [1.54, 1.807) is 11.3 Å². The van der Waals surface area contributed by atoms with Gasteiger partial charge in [0.25, 0.3) is 0 Å². The van der Waals surface area contributed by atoms with Crippen molar-refractivity contribution in [2.24, 2.45) is 5.92 Å². The van der Waals surface area contributed by atoms with Crippen LogP contribution in [0, 0.1) is 12.3 Å². The molecule has 1 radical (unpaired) electrons. The minimum Gasteiger partial charge on any atom is -0.345 e. The van der Waals surface area contributed by atoms with Crippen molar-refractivity contribution < 1.29 is 4.79 Å². The van der Waals surface area contributed by atoms with Gasteiger partial charge in [0.15, 0.2) is 0 Å².